The van der Waals surface area contributed by atoms with Crippen molar-refractivity contribution in [3.05, 3.63) is 0 Å². The summed E-state index contributed by atoms with van der Waals surface area (Å²) < 4.78 is 4.73. The fraction of sp³-hybridized carbons (Fsp3) is 0.889. The molecule has 14 heavy (non-hydrogen) atoms. The van der Waals surface area contributed by atoms with E-state index in [0.29, 0.717) is 0 Å². The van der Waals surface area contributed by atoms with E-state index in [0.717, 1.165) is 0 Å². The maximum Gasteiger partial charge on any atom is 0.239 e. The van der Waals surface area contributed by atoms with Crippen molar-refractivity contribution in [3.63, 3.8) is 0 Å². The van der Waals surface area contributed by atoms with Crippen molar-refractivity contribution in [2.24, 2.45) is 11.7 Å². The van der Waals surface area contributed by atoms with E-state index < -0.39 is 12.1 Å². The van der Waals surface area contributed by atoms with E-state index in [2.05, 4.69) is 5.32 Å². The second-order valence-corrected chi connectivity index (χ2v) is 3.62. The number of rotatable bonds is 6. The summed E-state index contributed by atoms with van der Waals surface area (Å²) in [5.41, 5.74) is 5.47. The van der Waals surface area contributed by atoms with Crippen molar-refractivity contribution in [3.8, 4) is 0 Å². The highest BCUT2D eigenvalue weighted by atomic mass is 16.5. The van der Waals surface area contributed by atoms with Gasteiger partial charge in [-0.15, -0.1) is 0 Å². The molecule has 0 rings (SSSR count). The third kappa shape index (κ3) is 5.16. The number of hydrogen-bond donors (Lipinski definition) is 3. The molecule has 1 amide bonds. The molecule has 0 aliphatic carbocycles. The molecule has 0 aromatic heterocycles. The van der Waals surface area contributed by atoms with Gasteiger partial charge in [0.15, 0.2) is 0 Å². The van der Waals surface area contributed by atoms with E-state index in [1.165, 1.54) is 7.11 Å². The van der Waals surface area contributed by atoms with Gasteiger partial charge in [0, 0.05) is 13.7 Å². The van der Waals surface area contributed by atoms with Crippen LogP contribution >= 0.6 is 0 Å². The van der Waals surface area contributed by atoms with Crippen LogP contribution in [0.3, 0.4) is 0 Å². The highest BCUT2D eigenvalue weighted by molar-refractivity contribution is 5.81. The van der Waals surface area contributed by atoms with E-state index in [1.807, 2.05) is 13.8 Å². The minimum Gasteiger partial charge on any atom is -0.391 e. The summed E-state index contributed by atoms with van der Waals surface area (Å²) in [7, 11) is 1.48. The van der Waals surface area contributed by atoms with Crippen molar-refractivity contribution >= 4 is 5.91 Å². The van der Waals surface area contributed by atoms with Gasteiger partial charge in [-0.3, -0.25) is 4.79 Å². The SMILES string of the molecule is COCC(N)C(=O)NCC(O)C(C)C. The van der Waals surface area contributed by atoms with E-state index in [9.17, 15) is 9.90 Å². The van der Waals surface area contributed by atoms with Crippen LogP contribution in [0.5, 0.6) is 0 Å². The lowest BCUT2D eigenvalue weighted by molar-refractivity contribution is -0.124. The number of methoxy groups -OCH3 is 1. The molecule has 0 bridgehead atoms. The lowest BCUT2D eigenvalue weighted by Gasteiger charge is -2.17. The van der Waals surface area contributed by atoms with E-state index >= 15 is 0 Å². The monoisotopic (exact) mass is 204 g/mol. The van der Waals surface area contributed by atoms with Crippen molar-refractivity contribution in [1.29, 1.82) is 0 Å². The lowest BCUT2D eigenvalue weighted by atomic mass is 10.1. The van der Waals surface area contributed by atoms with Crippen LogP contribution in [-0.2, 0) is 9.53 Å². The number of carbonyl (C=O) groups excluding carboxylic acids is 1. The lowest BCUT2D eigenvalue weighted by Crippen LogP contribution is -2.46. The van der Waals surface area contributed by atoms with Gasteiger partial charge in [0.05, 0.1) is 12.7 Å². The first-order chi connectivity index (χ1) is 6.49. The minimum absolute atomic E-state index is 0.119. The maximum atomic E-state index is 11.2. The van der Waals surface area contributed by atoms with Gasteiger partial charge in [-0.2, -0.15) is 0 Å². The van der Waals surface area contributed by atoms with Crippen LogP contribution in [0.2, 0.25) is 0 Å². The molecule has 5 nitrogen and oxygen atoms in total. The Hall–Kier alpha value is -0.650. The summed E-state index contributed by atoms with van der Waals surface area (Å²) >= 11 is 0. The number of ether oxygens (including phenoxy) is 1. The Labute approximate surface area is 84.6 Å². The molecule has 0 aromatic carbocycles. The first-order valence-electron chi connectivity index (χ1n) is 4.69. The number of nitrogens with two attached hydrogens (primary N) is 1. The van der Waals surface area contributed by atoms with Crippen molar-refractivity contribution in [2.45, 2.75) is 26.0 Å². The molecule has 0 aliphatic rings. The van der Waals surface area contributed by atoms with Gasteiger partial charge in [0.1, 0.15) is 6.04 Å². The van der Waals surface area contributed by atoms with Gasteiger partial charge in [0.2, 0.25) is 5.91 Å². The third-order valence-electron chi connectivity index (χ3n) is 1.94. The van der Waals surface area contributed by atoms with Crippen LogP contribution in [0, 0.1) is 5.92 Å². The van der Waals surface area contributed by atoms with Gasteiger partial charge >= 0.3 is 0 Å². The molecule has 4 N–H and O–H groups in total. The summed E-state index contributed by atoms with van der Waals surface area (Å²) in [6.45, 7) is 4.18. The number of aliphatic hydroxyl groups is 1. The average Bonchev–Trinajstić information content (AvgIpc) is 2.13. The van der Waals surface area contributed by atoms with Gasteiger partial charge in [-0.1, -0.05) is 13.8 Å². The van der Waals surface area contributed by atoms with E-state index in [4.69, 9.17) is 10.5 Å². The molecule has 0 radical (unpaired) electrons. The standard InChI is InChI=1S/C9H20N2O3/c1-6(2)8(12)4-11-9(13)7(10)5-14-3/h6-8,12H,4-5,10H2,1-3H3,(H,11,13). The predicted molar refractivity (Wildman–Crippen MR) is 53.7 cm³/mol. The number of nitrogens with one attached hydrogen (secondary N) is 1. The van der Waals surface area contributed by atoms with Crippen LogP contribution in [0.4, 0.5) is 0 Å². The van der Waals surface area contributed by atoms with Gasteiger partial charge in [0.25, 0.3) is 0 Å². The predicted octanol–water partition coefficient (Wildman–Crippen LogP) is -0.907. The second-order valence-electron chi connectivity index (χ2n) is 3.62. The molecule has 84 valence electrons. The average molecular weight is 204 g/mol. The van der Waals surface area contributed by atoms with Crippen LogP contribution < -0.4 is 11.1 Å². The molecule has 2 atom stereocenters. The molecular formula is C9H20N2O3. The summed E-state index contributed by atoms with van der Waals surface area (Å²) in [5.74, 6) is -0.180. The van der Waals surface area contributed by atoms with Gasteiger partial charge in [-0.05, 0) is 5.92 Å². The molecule has 5 heteroatoms. The van der Waals surface area contributed by atoms with Crippen LogP contribution in [0.25, 0.3) is 0 Å². The molecular weight excluding hydrogens is 184 g/mol. The molecule has 0 spiro atoms. The number of carbonyl (C=O) groups is 1. The molecule has 2 unspecified atom stereocenters. The molecule has 0 saturated carbocycles. The van der Waals surface area contributed by atoms with Crippen molar-refractivity contribution in [1.82, 2.24) is 5.32 Å². The Morgan fingerprint density at radius 3 is 2.57 bits per heavy atom. The molecule has 0 aromatic rings. The summed E-state index contributed by atoms with van der Waals surface area (Å²) in [6, 6.07) is -0.667. The summed E-state index contributed by atoms with van der Waals surface area (Å²) in [6.07, 6.45) is -0.534. The largest absolute Gasteiger partial charge is 0.391 e. The highest BCUT2D eigenvalue weighted by Crippen LogP contribution is 1.98. The zero-order valence-corrected chi connectivity index (χ0v) is 8.99. The maximum absolute atomic E-state index is 11.2. The van der Waals surface area contributed by atoms with Crippen molar-refractivity contribution in [2.75, 3.05) is 20.3 Å². The Morgan fingerprint density at radius 2 is 2.14 bits per heavy atom. The Bertz CT molecular complexity index is 173. The Kier molecular flexibility index (Phi) is 6.44. The van der Waals surface area contributed by atoms with Crippen LogP contribution in [0.15, 0.2) is 0 Å². The summed E-state index contributed by atoms with van der Waals surface area (Å²) in [4.78, 5) is 11.2. The fourth-order valence-electron chi connectivity index (χ4n) is 0.827. The summed E-state index contributed by atoms with van der Waals surface area (Å²) in [5, 5.41) is 12.0. The zero-order chi connectivity index (χ0) is 11.1. The fourth-order valence-corrected chi connectivity index (χ4v) is 0.827. The van der Waals surface area contributed by atoms with Crippen molar-refractivity contribution < 1.29 is 14.6 Å². The van der Waals surface area contributed by atoms with Crippen LogP contribution in [-0.4, -0.2) is 43.4 Å². The Balaban J connectivity index is 3.73. The highest BCUT2D eigenvalue weighted by Gasteiger charge is 2.15. The number of aliphatic hydroxyl groups excluding tert-OH is 1. The zero-order valence-electron chi connectivity index (χ0n) is 8.99. The number of amides is 1. The Morgan fingerprint density at radius 1 is 1.57 bits per heavy atom. The molecule has 0 fully saturated rings. The second kappa shape index (κ2) is 6.75. The van der Waals surface area contributed by atoms with Gasteiger partial charge in [-0.25, -0.2) is 0 Å². The van der Waals surface area contributed by atoms with E-state index in [1.54, 1.807) is 0 Å². The van der Waals surface area contributed by atoms with Gasteiger partial charge < -0.3 is 20.9 Å². The molecule has 0 heterocycles. The van der Waals surface area contributed by atoms with E-state index in [-0.39, 0.29) is 25.0 Å². The first kappa shape index (κ1) is 13.4. The first-order valence-corrected chi connectivity index (χ1v) is 4.69. The normalized spacial score (nSPS) is 15.3. The molecule has 0 saturated heterocycles. The minimum atomic E-state index is -0.667. The number of hydrogen-bond acceptors (Lipinski definition) is 4. The molecule has 0 aliphatic heterocycles. The smallest absolute Gasteiger partial charge is 0.239 e. The van der Waals surface area contributed by atoms with Crippen LogP contribution in [0.1, 0.15) is 13.8 Å². The third-order valence-corrected chi connectivity index (χ3v) is 1.94. The quantitative estimate of drug-likeness (QED) is 0.523. The topological polar surface area (TPSA) is 84.6 Å².